The lowest BCUT2D eigenvalue weighted by Crippen LogP contribution is -2.42. The molecule has 10 heteroatoms. The molecule has 0 spiro atoms. The first kappa shape index (κ1) is 21.8. The van der Waals surface area contributed by atoms with Crippen LogP contribution >= 0.6 is 27.3 Å². The lowest BCUT2D eigenvalue weighted by molar-refractivity contribution is -0.146. The van der Waals surface area contributed by atoms with Crippen LogP contribution in [-0.2, 0) is 27.3 Å². The average Bonchev–Trinajstić information content (AvgIpc) is 3.15. The van der Waals surface area contributed by atoms with Gasteiger partial charge >= 0.3 is 5.97 Å². The summed E-state index contributed by atoms with van der Waals surface area (Å²) < 4.78 is 47.3. The van der Waals surface area contributed by atoms with Crippen molar-refractivity contribution in [2.75, 3.05) is 11.5 Å². The number of rotatable bonds is 5. The number of carbonyl (C=O) groups excluding carboxylic acids is 2. The SMILES string of the molecule is CCOC(=O)CC1Cc2ccc(Br)cc2N(Cc2nc3c(F)c(F)cc(F)c3s2)C1=O. The lowest BCUT2D eigenvalue weighted by Gasteiger charge is -2.33. The quantitative estimate of drug-likeness (QED) is 0.351. The van der Waals surface area contributed by atoms with Crippen LogP contribution in [0.5, 0.6) is 0 Å². The van der Waals surface area contributed by atoms with Gasteiger partial charge in [0.05, 0.1) is 30.2 Å². The van der Waals surface area contributed by atoms with E-state index in [4.69, 9.17) is 4.74 Å². The number of hydrogen-bond donors (Lipinski definition) is 0. The van der Waals surface area contributed by atoms with Gasteiger partial charge in [-0.1, -0.05) is 22.0 Å². The highest BCUT2D eigenvalue weighted by Gasteiger charge is 2.35. The second-order valence-electron chi connectivity index (χ2n) is 7.05. The van der Waals surface area contributed by atoms with Crippen molar-refractivity contribution in [3.05, 3.63) is 56.8 Å². The summed E-state index contributed by atoms with van der Waals surface area (Å²) in [5, 5.41) is 0.245. The number of anilines is 1. The van der Waals surface area contributed by atoms with Gasteiger partial charge in [0.1, 0.15) is 16.3 Å². The molecule has 2 aromatic carbocycles. The minimum Gasteiger partial charge on any atom is -0.466 e. The largest absolute Gasteiger partial charge is 0.466 e. The normalized spacial score (nSPS) is 16.0. The molecule has 0 bridgehead atoms. The summed E-state index contributed by atoms with van der Waals surface area (Å²) in [6.07, 6.45) is 0.290. The number of ether oxygens (including phenoxy) is 1. The number of benzene rings is 2. The van der Waals surface area contributed by atoms with Crippen LogP contribution in [0.3, 0.4) is 0 Å². The number of nitrogens with zero attached hydrogens (tertiary/aromatic N) is 2. The van der Waals surface area contributed by atoms with Crippen molar-refractivity contribution in [1.82, 2.24) is 4.98 Å². The van der Waals surface area contributed by atoms with Crippen molar-refractivity contribution in [1.29, 1.82) is 0 Å². The zero-order valence-corrected chi connectivity index (χ0v) is 18.7. The molecule has 1 unspecified atom stereocenters. The van der Waals surface area contributed by atoms with E-state index in [-0.39, 0.29) is 35.2 Å². The number of carbonyl (C=O) groups is 2. The molecule has 0 N–H and O–H groups in total. The Bertz CT molecular complexity index is 1200. The van der Waals surface area contributed by atoms with Gasteiger partial charge in [-0.15, -0.1) is 11.3 Å². The fraction of sp³-hybridized carbons (Fsp3) is 0.286. The first-order valence-corrected chi connectivity index (χ1v) is 11.1. The van der Waals surface area contributed by atoms with Gasteiger partial charge in [0.2, 0.25) is 5.91 Å². The monoisotopic (exact) mass is 512 g/mol. The van der Waals surface area contributed by atoms with E-state index in [0.29, 0.717) is 18.2 Å². The second kappa shape index (κ2) is 8.58. The minimum absolute atomic E-state index is 0.0680. The number of halogens is 4. The molecule has 1 aliphatic heterocycles. The maximum absolute atomic E-state index is 14.1. The Labute approximate surface area is 188 Å². The molecule has 1 atom stereocenters. The highest BCUT2D eigenvalue weighted by Crippen LogP contribution is 2.37. The molecule has 5 nitrogen and oxygen atoms in total. The standard InChI is InChI=1S/C21H16BrF3N2O3S/c1-2-30-17(28)6-11-5-10-3-4-12(22)7-15(10)27(21(11)29)9-16-26-19-18(25)13(23)8-14(24)20(19)31-16/h3-4,7-8,11H,2,5-6,9H2,1H3. The van der Waals surface area contributed by atoms with E-state index in [0.717, 1.165) is 21.4 Å². The number of aromatic nitrogens is 1. The van der Waals surface area contributed by atoms with Gasteiger partial charge in [0.25, 0.3) is 0 Å². The maximum atomic E-state index is 14.1. The fourth-order valence-corrected chi connectivity index (χ4v) is 4.93. The zero-order valence-electron chi connectivity index (χ0n) is 16.3. The molecule has 0 radical (unpaired) electrons. The summed E-state index contributed by atoms with van der Waals surface area (Å²) in [6.45, 7) is 1.84. The van der Waals surface area contributed by atoms with E-state index in [2.05, 4.69) is 20.9 Å². The Hall–Kier alpha value is -2.46. The van der Waals surface area contributed by atoms with Crippen LogP contribution in [-0.4, -0.2) is 23.5 Å². The molecule has 1 aromatic heterocycles. The van der Waals surface area contributed by atoms with Crippen LogP contribution in [0.1, 0.15) is 23.9 Å². The number of esters is 1. The summed E-state index contributed by atoms with van der Waals surface area (Å²) in [7, 11) is 0. The van der Waals surface area contributed by atoms with Gasteiger partial charge < -0.3 is 9.64 Å². The molecule has 3 aromatic rings. The first-order valence-electron chi connectivity index (χ1n) is 9.46. The van der Waals surface area contributed by atoms with Gasteiger partial charge in [-0.05, 0) is 31.0 Å². The van der Waals surface area contributed by atoms with Crippen LogP contribution < -0.4 is 4.90 Å². The third kappa shape index (κ3) is 4.18. The van der Waals surface area contributed by atoms with Crippen molar-refractivity contribution in [3.8, 4) is 0 Å². The second-order valence-corrected chi connectivity index (χ2v) is 9.05. The molecular weight excluding hydrogens is 497 g/mol. The first-order chi connectivity index (χ1) is 14.8. The summed E-state index contributed by atoms with van der Waals surface area (Å²) in [5.41, 5.74) is 1.06. The summed E-state index contributed by atoms with van der Waals surface area (Å²) >= 11 is 4.24. The number of amides is 1. The van der Waals surface area contributed by atoms with Crippen molar-refractivity contribution >= 4 is 55.0 Å². The van der Waals surface area contributed by atoms with E-state index in [1.807, 2.05) is 12.1 Å². The molecule has 0 saturated heterocycles. The summed E-state index contributed by atoms with van der Waals surface area (Å²) in [5.74, 6) is -4.88. The van der Waals surface area contributed by atoms with Crippen LogP contribution in [0.2, 0.25) is 0 Å². The Morgan fingerprint density at radius 3 is 2.81 bits per heavy atom. The van der Waals surface area contributed by atoms with Crippen molar-refractivity contribution in [2.45, 2.75) is 26.3 Å². The molecule has 31 heavy (non-hydrogen) atoms. The van der Waals surface area contributed by atoms with Gasteiger partial charge in [-0.25, -0.2) is 18.2 Å². The van der Waals surface area contributed by atoms with Crippen LogP contribution in [0.25, 0.3) is 10.2 Å². The average molecular weight is 513 g/mol. The lowest BCUT2D eigenvalue weighted by atomic mass is 9.89. The fourth-order valence-electron chi connectivity index (χ4n) is 3.63. The van der Waals surface area contributed by atoms with E-state index in [9.17, 15) is 22.8 Å². The zero-order chi connectivity index (χ0) is 22.3. The predicted octanol–water partition coefficient (Wildman–Crippen LogP) is 5.13. The smallest absolute Gasteiger partial charge is 0.306 e. The third-order valence-corrected chi connectivity index (χ3v) is 6.53. The van der Waals surface area contributed by atoms with E-state index < -0.39 is 34.9 Å². The van der Waals surface area contributed by atoms with Gasteiger partial charge in [0, 0.05) is 16.2 Å². The Morgan fingerprint density at radius 1 is 1.29 bits per heavy atom. The van der Waals surface area contributed by atoms with Crippen molar-refractivity contribution in [2.24, 2.45) is 5.92 Å². The minimum atomic E-state index is -1.32. The van der Waals surface area contributed by atoms with E-state index in [1.165, 1.54) is 4.90 Å². The summed E-state index contributed by atoms with van der Waals surface area (Å²) in [4.78, 5) is 30.7. The molecule has 0 aliphatic carbocycles. The molecule has 1 aliphatic rings. The van der Waals surface area contributed by atoms with Crippen molar-refractivity contribution in [3.63, 3.8) is 0 Å². The molecule has 2 heterocycles. The predicted molar refractivity (Wildman–Crippen MR) is 113 cm³/mol. The Morgan fingerprint density at radius 2 is 2.06 bits per heavy atom. The maximum Gasteiger partial charge on any atom is 0.306 e. The van der Waals surface area contributed by atoms with Gasteiger partial charge in [0.15, 0.2) is 11.6 Å². The molecule has 4 rings (SSSR count). The van der Waals surface area contributed by atoms with Crippen LogP contribution in [0, 0.1) is 23.4 Å². The number of fused-ring (bicyclic) bond motifs is 2. The van der Waals surface area contributed by atoms with E-state index >= 15 is 0 Å². The summed E-state index contributed by atoms with van der Waals surface area (Å²) in [6, 6.07) is 5.93. The molecule has 0 fully saturated rings. The topological polar surface area (TPSA) is 59.5 Å². The van der Waals surface area contributed by atoms with Crippen LogP contribution in [0.15, 0.2) is 28.7 Å². The number of thiazole rings is 1. The van der Waals surface area contributed by atoms with Gasteiger partial charge in [-0.3, -0.25) is 9.59 Å². The number of hydrogen-bond acceptors (Lipinski definition) is 5. The molecular formula is C21H16BrF3N2O3S. The van der Waals surface area contributed by atoms with Gasteiger partial charge in [-0.2, -0.15) is 0 Å². The highest BCUT2D eigenvalue weighted by atomic mass is 79.9. The third-order valence-electron chi connectivity index (χ3n) is 4.99. The highest BCUT2D eigenvalue weighted by molar-refractivity contribution is 9.10. The molecule has 162 valence electrons. The Kier molecular flexibility index (Phi) is 6.02. The van der Waals surface area contributed by atoms with Crippen LogP contribution in [0.4, 0.5) is 18.9 Å². The Balaban J connectivity index is 1.72. The molecule has 1 amide bonds. The van der Waals surface area contributed by atoms with E-state index in [1.54, 1.807) is 13.0 Å². The molecule has 0 saturated carbocycles. The van der Waals surface area contributed by atoms with Crippen molar-refractivity contribution < 1.29 is 27.5 Å².